The summed E-state index contributed by atoms with van der Waals surface area (Å²) in [5.41, 5.74) is 2.20. The molecule has 1 N–H and O–H groups in total. The molecule has 104 valence electrons. The van der Waals surface area contributed by atoms with Crippen molar-refractivity contribution in [1.29, 1.82) is 0 Å². The monoisotopic (exact) mass is 267 g/mol. The lowest BCUT2D eigenvalue weighted by Gasteiger charge is -2.19. The number of nitrogens with zero attached hydrogens (tertiary/aromatic N) is 2. The Labute approximate surface area is 120 Å². The van der Waals surface area contributed by atoms with E-state index in [2.05, 4.69) is 46.3 Å². The number of nitrogens with one attached hydrogen (secondary N) is 1. The molecule has 0 saturated heterocycles. The number of aliphatic imine (C=N–C) groups is 1. The highest BCUT2D eigenvalue weighted by molar-refractivity contribution is 5.90. The summed E-state index contributed by atoms with van der Waals surface area (Å²) in [5.74, 6) is 1.41. The van der Waals surface area contributed by atoms with Crippen LogP contribution in [-0.4, -0.2) is 24.8 Å². The van der Waals surface area contributed by atoms with Gasteiger partial charge < -0.3 is 10.3 Å². The van der Waals surface area contributed by atoms with Crippen LogP contribution in [0.5, 0.6) is 0 Å². The zero-order valence-electron chi connectivity index (χ0n) is 11.8. The molecule has 1 heterocycles. The van der Waals surface area contributed by atoms with E-state index in [0.717, 1.165) is 24.3 Å². The fraction of sp³-hybridized carbons (Fsp3) is 0.412. The first kappa shape index (κ1) is 13.1. The highest BCUT2D eigenvalue weighted by Crippen LogP contribution is 2.32. The normalized spacial score (nSPS) is 22.0. The third-order valence-corrected chi connectivity index (χ3v) is 4.37. The average molecular weight is 267 g/mol. The standard InChI is InChI=1S/C17H21N3/c1-18-11-14-6-2-7-15(14)12-20-16-9-3-5-13-8-4-10-19-17(13)16/h3-5,8-10,14-15,20H,1-2,6-7,11-12H2. The van der Waals surface area contributed by atoms with Crippen LogP contribution in [0.25, 0.3) is 10.9 Å². The van der Waals surface area contributed by atoms with Gasteiger partial charge in [0.25, 0.3) is 0 Å². The predicted molar refractivity (Wildman–Crippen MR) is 85.5 cm³/mol. The van der Waals surface area contributed by atoms with Gasteiger partial charge in [-0.1, -0.05) is 24.6 Å². The van der Waals surface area contributed by atoms with Crippen LogP contribution in [0, 0.1) is 11.8 Å². The molecule has 1 fully saturated rings. The fourth-order valence-electron chi connectivity index (χ4n) is 3.28. The second kappa shape index (κ2) is 6.04. The van der Waals surface area contributed by atoms with Crippen LogP contribution in [0.15, 0.2) is 41.5 Å². The molecule has 1 aliphatic carbocycles. The van der Waals surface area contributed by atoms with Gasteiger partial charge in [0, 0.05) is 24.7 Å². The molecule has 0 spiro atoms. The minimum Gasteiger partial charge on any atom is -0.383 e. The average Bonchev–Trinajstić information content (AvgIpc) is 2.93. The maximum absolute atomic E-state index is 4.49. The van der Waals surface area contributed by atoms with E-state index in [1.54, 1.807) is 0 Å². The van der Waals surface area contributed by atoms with E-state index >= 15 is 0 Å². The number of pyridine rings is 1. The Balaban J connectivity index is 1.72. The zero-order valence-corrected chi connectivity index (χ0v) is 11.8. The lowest BCUT2D eigenvalue weighted by atomic mass is 9.96. The summed E-state index contributed by atoms with van der Waals surface area (Å²) < 4.78 is 0. The molecule has 2 unspecified atom stereocenters. The summed E-state index contributed by atoms with van der Waals surface area (Å²) >= 11 is 0. The van der Waals surface area contributed by atoms with Crippen molar-refractivity contribution in [3.8, 4) is 0 Å². The molecule has 2 atom stereocenters. The van der Waals surface area contributed by atoms with E-state index in [1.165, 1.54) is 24.6 Å². The van der Waals surface area contributed by atoms with Gasteiger partial charge in [-0.3, -0.25) is 4.98 Å². The first-order chi connectivity index (χ1) is 9.88. The summed E-state index contributed by atoms with van der Waals surface area (Å²) in [6, 6.07) is 10.4. The summed E-state index contributed by atoms with van der Waals surface area (Å²) in [6.07, 6.45) is 5.76. The van der Waals surface area contributed by atoms with Crippen LogP contribution in [-0.2, 0) is 0 Å². The van der Waals surface area contributed by atoms with Crippen molar-refractivity contribution in [2.24, 2.45) is 16.8 Å². The van der Waals surface area contributed by atoms with Crippen LogP contribution in [0.3, 0.4) is 0 Å². The highest BCUT2D eigenvalue weighted by atomic mass is 14.9. The largest absolute Gasteiger partial charge is 0.383 e. The van der Waals surface area contributed by atoms with Crippen molar-refractivity contribution in [2.75, 3.05) is 18.4 Å². The Morgan fingerprint density at radius 2 is 2.05 bits per heavy atom. The fourth-order valence-corrected chi connectivity index (χ4v) is 3.28. The quantitative estimate of drug-likeness (QED) is 0.837. The third kappa shape index (κ3) is 2.67. The first-order valence-electron chi connectivity index (χ1n) is 7.38. The van der Waals surface area contributed by atoms with Crippen molar-refractivity contribution in [1.82, 2.24) is 4.98 Å². The van der Waals surface area contributed by atoms with Gasteiger partial charge in [-0.15, -0.1) is 0 Å². The second-order valence-electron chi connectivity index (χ2n) is 5.62. The lowest BCUT2D eigenvalue weighted by Crippen LogP contribution is -2.20. The molecular weight excluding hydrogens is 246 g/mol. The van der Waals surface area contributed by atoms with Gasteiger partial charge in [0.2, 0.25) is 0 Å². The number of anilines is 1. The Morgan fingerprint density at radius 3 is 2.95 bits per heavy atom. The summed E-state index contributed by atoms with van der Waals surface area (Å²) in [6.45, 7) is 5.55. The first-order valence-corrected chi connectivity index (χ1v) is 7.38. The molecule has 1 saturated carbocycles. The van der Waals surface area contributed by atoms with Crippen molar-refractivity contribution >= 4 is 23.3 Å². The Morgan fingerprint density at radius 1 is 1.20 bits per heavy atom. The lowest BCUT2D eigenvalue weighted by molar-refractivity contribution is 0.416. The zero-order chi connectivity index (χ0) is 13.8. The van der Waals surface area contributed by atoms with E-state index in [1.807, 2.05) is 12.3 Å². The SMILES string of the molecule is C=NCC1CCCC1CNc1cccc2cccnc12. The van der Waals surface area contributed by atoms with Gasteiger partial charge in [-0.2, -0.15) is 0 Å². The van der Waals surface area contributed by atoms with Gasteiger partial charge in [0.15, 0.2) is 0 Å². The minimum absolute atomic E-state index is 0.697. The van der Waals surface area contributed by atoms with Crippen molar-refractivity contribution in [3.05, 3.63) is 36.5 Å². The topological polar surface area (TPSA) is 37.3 Å². The smallest absolute Gasteiger partial charge is 0.0933 e. The molecule has 3 heteroatoms. The van der Waals surface area contributed by atoms with Gasteiger partial charge in [-0.25, -0.2) is 0 Å². The van der Waals surface area contributed by atoms with E-state index in [0.29, 0.717) is 11.8 Å². The molecule has 3 nitrogen and oxygen atoms in total. The molecule has 1 aromatic heterocycles. The number of fused-ring (bicyclic) bond motifs is 1. The molecule has 3 rings (SSSR count). The molecule has 0 bridgehead atoms. The van der Waals surface area contributed by atoms with Gasteiger partial charge in [0.1, 0.15) is 0 Å². The molecule has 2 aromatic rings. The third-order valence-electron chi connectivity index (χ3n) is 4.37. The number of aromatic nitrogens is 1. The molecule has 1 aliphatic rings. The van der Waals surface area contributed by atoms with Crippen molar-refractivity contribution < 1.29 is 0 Å². The predicted octanol–water partition coefficient (Wildman–Crippen LogP) is 3.76. The number of para-hydroxylation sites is 1. The summed E-state index contributed by atoms with van der Waals surface area (Å²) in [5, 5.41) is 4.78. The molecule has 0 amide bonds. The Kier molecular flexibility index (Phi) is 3.95. The number of hydrogen-bond acceptors (Lipinski definition) is 3. The molecule has 0 radical (unpaired) electrons. The molecular formula is C17H21N3. The van der Waals surface area contributed by atoms with E-state index in [4.69, 9.17) is 0 Å². The maximum Gasteiger partial charge on any atom is 0.0933 e. The van der Waals surface area contributed by atoms with Crippen molar-refractivity contribution in [3.63, 3.8) is 0 Å². The van der Waals surface area contributed by atoms with Crippen LogP contribution in [0.2, 0.25) is 0 Å². The van der Waals surface area contributed by atoms with Crippen LogP contribution < -0.4 is 5.32 Å². The van der Waals surface area contributed by atoms with E-state index in [-0.39, 0.29) is 0 Å². The van der Waals surface area contributed by atoms with Crippen molar-refractivity contribution in [2.45, 2.75) is 19.3 Å². The van der Waals surface area contributed by atoms with Crippen LogP contribution in [0.4, 0.5) is 5.69 Å². The van der Waals surface area contributed by atoms with Gasteiger partial charge >= 0.3 is 0 Å². The number of rotatable bonds is 5. The van der Waals surface area contributed by atoms with E-state index < -0.39 is 0 Å². The minimum atomic E-state index is 0.697. The highest BCUT2D eigenvalue weighted by Gasteiger charge is 2.26. The van der Waals surface area contributed by atoms with Crippen LogP contribution >= 0.6 is 0 Å². The van der Waals surface area contributed by atoms with Crippen LogP contribution in [0.1, 0.15) is 19.3 Å². The Bertz CT molecular complexity index is 588. The molecule has 1 aromatic carbocycles. The summed E-state index contributed by atoms with van der Waals surface area (Å²) in [4.78, 5) is 8.57. The molecule has 0 aliphatic heterocycles. The second-order valence-corrected chi connectivity index (χ2v) is 5.62. The maximum atomic E-state index is 4.49. The summed E-state index contributed by atoms with van der Waals surface area (Å²) in [7, 11) is 0. The Hall–Kier alpha value is -1.90. The number of benzene rings is 1. The van der Waals surface area contributed by atoms with Gasteiger partial charge in [0.05, 0.1) is 11.2 Å². The molecule has 20 heavy (non-hydrogen) atoms. The number of hydrogen-bond donors (Lipinski definition) is 1. The van der Waals surface area contributed by atoms with E-state index in [9.17, 15) is 0 Å². The van der Waals surface area contributed by atoms with Gasteiger partial charge in [-0.05, 0) is 43.5 Å².